The number of hydrogen-bond donors (Lipinski definition) is 1. The van der Waals surface area contributed by atoms with Crippen molar-refractivity contribution < 1.29 is 9.32 Å². The molecule has 0 fully saturated rings. The molecule has 4 rings (SSSR count). The molecule has 4 aromatic rings. The van der Waals surface area contributed by atoms with Gasteiger partial charge >= 0.3 is 0 Å². The molecule has 7 heteroatoms. The molecule has 2 aromatic heterocycles. The summed E-state index contributed by atoms with van der Waals surface area (Å²) in [7, 11) is 0. The normalized spacial score (nSPS) is 11.8. The number of carbonyl (C=O) groups is 1. The second-order valence-corrected chi connectivity index (χ2v) is 7.66. The number of amides is 1. The fraction of sp³-hybridized carbons (Fsp3) is 0.130. The first-order valence-electron chi connectivity index (χ1n) is 9.52. The van der Waals surface area contributed by atoms with Crippen molar-refractivity contribution in [2.24, 2.45) is 0 Å². The summed E-state index contributed by atoms with van der Waals surface area (Å²) >= 11 is 1.38. The summed E-state index contributed by atoms with van der Waals surface area (Å²) < 4.78 is 5.36. The van der Waals surface area contributed by atoms with E-state index in [1.54, 1.807) is 6.20 Å². The van der Waals surface area contributed by atoms with E-state index in [-0.39, 0.29) is 11.9 Å². The van der Waals surface area contributed by atoms with Gasteiger partial charge in [-0.2, -0.15) is 4.98 Å². The van der Waals surface area contributed by atoms with Gasteiger partial charge < -0.3 is 9.84 Å². The van der Waals surface area contributed by atoms with Gasteiger partial charge in [0.2, 0.25) is 11.7 Å². The molecule has 0 aliphatic carbocycles. The van der Waals surface area contributed by atoms with Gasteiger partial charge in [0.1, 0.15) is 0 Å². The van der Waals surface area contributed by atoms with Gasteiger partial charge in [-0.1, -0.05) is 77.6 Å². The van der Waals surface area contributed by atoms with Crippen LogP contribution >= 0.6 is 11.8 Å². The Hall–Kier alpha value is -3.45. The zero-order chi connectivity index (χ0) is 20.8. The zero-order valence-corrected chi connectivity index (χ0v) is 17.2. The first kappa shape index (κ1) is 19.8. The van der Waals surface area contributed by atoms with Gasteiger partial charge in [0.25, 0.3) is 5.89 Å². The average Bonchev–Trinajstić information content (AvgIpc) is 3.29. The van der Waals surface area contributed by atoms with Gasteiger partial charge in [-0.3, -0.25) is 4.79 Å². The first-order valence-corrected chi connectivity index (χ1v) is 10.5. The summed E-state index contributed by atoms with van der Waals surface area (Å²) in [5, 5.41) is 7.78. The highest BCUT2D eigenvalue weighted by Crippen LogP contribution is 2.23. The predicted octanol–water partition coefficient (Wildman–Crippen LogP) is 4.77. The van der Waals surface area contributed by atoms with Crippen molar-refractivity contribution in [1.29, 1.82) is 0 Å². The van der Waals surface area contributed by atoms with E-state index in [1.165, 1.54) is 11.8 Å². The van der Waals surface area contributed by atoms with Crippen LogP contribution in [0.1, 0.15) is 18.5 Å². The van der Waals surface area contributed by atoms with Gasteiger partial charge in [0.15, 0.2) is 0 Å². The molecule has 0 aliphatic heterocycles. The van der Waals surface area contributed by atoms with E-state index >= 15 is 0 Å². The molecule has 0 unspecified atom stereocenters. The molecule has 0 radical (unpaired) electrons. The van der Waals surface area contributed by atoms with Crippen LogP contribution in [0.5, 0.6) is 0 Å². The fourth-order valence-electron chi connectivity index (χ4n) is 2.89. The molecule has 1 amide bonds. The number of thioether (sulfide) groups is 1. The number of carbonyl (C=O) groups excluding carboxylic acids is 1. The van der Waals surface area contributed by atoms with Crippen molar-refractivity contribution in [3.05, 3.63) is 84.6 Å². The minimum atomic E-state index is -0.0361. The van der Waals surface area contributed by atoms with Crippen LogP contribution in [0.4, 0.5) is 0 Å². The van der Waals surface area contributed by atoms with E-state index in [2.05, 4.69) is 20.4 Å². The smallest absolute Gasteiger partial charge is 0.259 e. The molecule has 6 nitrogen and oxygen atoms in total. The first-order chi connectivity index (χ1) is 14.7. The van der Waals surface area contributed by atoms with Crippen molar-refractivity contribution in [2.45, 2.75) is 18.0 Å². The molecule has 1 atom stereocenters. The molecule has 2 aromatic carbocycles. The number of benzene rings is 2. The Morgan fingerprint density at radius 2 is 1.73 bits per heavy atom. The van der Waals surface area contributed by atoms with E-state index < -0.39 is 0 Å². The Balaban J connectivity index is 1.33. The van der Waals surface area contributed by atoms with Crippen LogP contribution in [0.15, 0.2) is 88.5 Å². The topological polar surface area (TPSA) is 80.9 Å². The third-order valence-electron chi connectivity index (χ3n) is 4.47. The Morgan fingerprint density at radius 3 is 2.43 bits per heavy atom. The summed E-state index contributed by atoms with van der Waals surface area (Å²) in [6.07, 6.45) is 1.68. The summed E-state index contributed by atoms with van der Waals surface area (Å²) in [5.41, 5.74) is 2.70. The molecule has 0 bridgehead atoms. The largest absolute Gasteiger partial charge is 0.349 e. The maximum Gasteiger partial charge on any atom is 0.259 e. The monoisotopic (exact) mass is 416 g/mol. The van der Waals surface area contributed by atoms with E-state index in [0.717, 1.165) is 21.7 Å². The zero-order valence-electron chi connectivity index (χ0n) is 16.4. The van der Waals surface area contributed by atoms with Gasteiger partial charge in [0, 0.05) is 11.8 Å². The second kappa shape index (κ2) is 9.37. The standard InChI is InChI=1S/C23H20N4O2S/c1-16(17-8-4-2-5-9-17)25-20(28)15-30-21-13-12-19(14-24-21)23-26-22(27-29-23)18-10-6-3-7-11-18/h2-14,16H,15H2,1H3,(H,25,28)/t16-/m1/s1. The van der Waals surface area contributed by atoms with Gasteiger partial charge in [-0.05, 0) is 24.6 Å². The number of aromatic nitrogens is 3. The predicted molar refractivity (Wildman–Crippen MR) is 117 cm³/mol. The highest BCUT2D eigenvalue weighted by Gasteiger charge is 2.12. The molecule has 150 valence electrons. The molecule has 2 heterocycles. The SMILES string of the molecule is C[C@@H](NC(=O)CSc1ccc(-c2nc(-c3ccccc3)no2)cn1)c1ccccc1. The molecule has 0 saturated heterocycles. The highest BCUT2D eigenvalue weighted by atomic mass is 32.2. The van der Waals surface area contributed by atoms with Crippen molar-refractivity contribution in [2.75, 3.05) is 5.75 Å². The van der Waals surface area contributed by atoms with Gasteiger partial charge in [-0.25, -0.2) is 4.98 Å². The lowest BCUT2D eigenvalue weighted by atomic mass is 10.1. The van der Waals surface area contributed by atoms with Crippen molar-refractivity contribution in [3.63, 3.8) is 0 Å². The lowest BCUT2D eigenvalue weighted by molar-refractivity contribution is -0.119. The Bertz CT molecular complexity index is 1100. The van der Waals surface area contributed by atoms with Crippen molar-refractivity contribution in [1.82, 2.24) is 20.4 Å². The summed E-state index contributed by atoms with van der Waals surface area (Å²) in [5.74, 6) is 1.20. The number of nitrogens with zero attached hydrogens (tertiary/aromatic N) is 3. The third kappa shape index (κ3) is 4.93. The molecule has 0 aliphatic rings. The number of rotatable bonds is 7. The van der Waals surface area contributed by atoms with Crippen LogP contribution in [0.25, 0.3) is 22.8 Å². The van der Waals surface area contributed by atoms with Crippen LogP contribution in [0.2, 0.25) is 0 Å². The maximum absolute atomic E-state index is 12.2. The molecule has 30 heavy (non-hydrogen) atoms. The quantitative estimate of drug-likeness (QED) is 0.437. The van der Waals surface area contributed by atoms with Crippen LogP contribution in [-0.4, -0.2) is 26.8 Å². The minimum absolute atomic E-state index is 0.0355. The van der Waals surface area contributed by atoms with E-state index in [9.17, 15) is 4.79 Å². The van der Waals surface area contributed by atoms with E-state index in [1.807, 2.05) is 79.7 Å². The third-order valence-corrected chi connectivity index (χ3v) is 5.41. The molecule has 0 saturated carbocycles. The Kier molecular flexibility index (Phi) is 6.20. The van der Waals surface area contributed by atoms with Crippen molar-refractivity contribution in [3.8, 4) is 22.8 Å². The van der Waals surface area contributed by atoms with Crippen LogP contribution in [0.3, 0.4) is 0 Å². The molecular formula is C23H20N4O2S. The average molecular weight is 417 g/mol. The van der Waals surface area contributed by atoms with E-state index in [0.29, 0.717) is 17.5 Å². The van der Waals surface area contributed by atoms with Crippen LogP contribution in [0, 0.1) is 0 Å². The van der Waals surface area contributed by atoms with E-state index in [4.69, 9.17) is 4.52 Å². The number of nitrogens with one attached hydrogen (secondary N) is 1. The molecular weight excluding hydrogens is 396 g/mol. The lowest BCUT2D eigenvalue weighted by Crippen LogP contribution is -2.28. The Morgan fingerprint density at radius 1 is 1.00 bits per heavy atom. The molecule has 0 spiro atoms. The lowest BCUT2D eigenvalue weighted by Gasteiger charge is -2.13. The van der Waals surface area contributed by atoms with Gasteiger partial charge in [0.05, 0.1) is 22.4 Å². The van der Waals surface area contributed by atoms with Crippen molar-refractivity contribution >= 4 is 17.7 Å². The fourth-order valence-corrected chi connectivity index (χ4v) is 3.54. The second-order valence-electron chi connectivity index (χ2n) is 6.66. The Labute approximate surface area is 178 Å². The van der Waals surface area contributed by atoms with Crippen LogP contribution in [-0.2, 0) is 4.79 Å². The molecule has 1 N–H and O–H groups in total. The number of hydrogen-bond acceptors (Lipinski definition) is 6. The highest BCUT2D eigenvalue weighted by molar-refractivity contribution is 7.99. The summed E-state index contributed by atoms with van der Waals surface area (Å²) in [4.78, 5) is 21.1. The van der Waals surface area contributed by atoms with Gasteiger partial charge in [-0.15, -0.1) is 0 Å². The summed E-state index contributed by atoms with van der Waals surface area (Å²) in [6.45, 7) is 1.97. The maximum atomic E-state index is 12.2. The minimum Gasteiger partial charge on any atom is -0.349 e. The number of pyridine rings is 1. The summed E-state index contributed by atoms with van der Waals surface area (Å²) in [6, 6.07) is 23.2. The van der Waals surface area contributed by atoms with Crippen LogP contribution < -0.4 is 5.32 Å².